The Morgan fingerprint density at radius 3 is 2.56 bits per heavy atom. The highest BCUT2D eigenvalue weighted by Gasteiger charge is 2.25. The van der Waals surface area contributed by atoms with Crippen LogP contribution in [0.5, 0.6) is 0 Å². The number of rotatable bonds is 14. The summed E-state index contributed by atoms with van der Waals surface area (Å²) in [5.41, 5.74) is 5.05. The van der Waals surface area contributed by atoms with Gasteiger partial charge in [-0.1, -0.05) is 62.4 Å². The van der Waals surface area contributed by atoms with Crippen LogP contribution in [0.4, 0.5) is 0 Å². The first-order valence-corrected chi connectivity index (χ1v) is 16.6. The van der Waals surface area contributed by atoms with Crippen molar-refractivity contribution in [2.75, 3.05) is 19.1 Å². The fourth-order valence-electron chi connectivity index (χ4n) is 5.78. The van der Waals surface area contributed by atoms with Gasteiger partial charge >= 0.3 is 5.97 Å². The third-order valence-corrected chi connectivity index (χ3v) is 8.84. The van der Waals surface area contributed by atoms with Crippen LogP contribution >= 0.6 is 11.8 Å². The van der Waals surface area contributed by atoms with Gasteiger partial charge in [0.25, 0.3) is 5.91 Å². The van der Waals surface area contributed by atoms with Gasteiger partial charge in [-0.25, -0.2) is 9.78 Å². The van der Waals surface area contributed by atoms with Crippen molar-refractivity contribution in [3.05, 3.63) is 76.9 Å². The summed E-state index contributed by atoms with van der Waals surface area (Å²) in [7, 11) is 1.34. The number of hydrogen-bond donors (Lipinski definition) is 1. The molecule has 1 saturated carbocycles. The lowest BCUT2D eigenvalue weighted by Crippen LogP contribution is -2.42. The molecule has 0 spiro atoms. The van der Waals surface area contributed by atoms with Crippen LogP contribution < -0.4 is 5.32 Å². The van der Waals surface area contributed by atoms with E-state index in [1.165, 1.54) is 39.2 Å². The van der Waals surface area contributed by atoms with E-state index in [9.17, 15) is 9.59 Å². The Morgan fingerprint density at radius 1 is 1.05 bits per heavy atom. The number of esters is 1. The zero-order valence-electron chi connectivity index (χ0n) is 25.8. The van der Waals surface area contributed by atoms with Crippen LogP contribution in [-0.2, 0) is 20.9 Å². The van der Waals surface area contributed by atoms with E-state index in [4.69, 9.17) is 9.47 Å². The first-order valence-electron chi connectivity index (χ1n) is 15.2. The predicted octanol–water partition coefficient (Wildman–Crippen LogP) is 6.80. The number of methoxy groups -OCH3 is 1. The lowest BCUT2D eigenvalue weighted by molar-refractivity contribution is -0.142. The number of thioether (sulfide) groups is 1. The van der Waals surface area contributed by atoms with E-state index in [0.717, 1.165) is 52.5 Å². The molecule has 1 N–H and O–H groups in total. The second-order valence-electron chi connectivity index (χ2n) is 11.3. The van der Waals surface area contributed by atoms with Crippen molar-refractivity contribution in [2.24, 2.45) is 5.92 Å². The first kappa shape index (κ1) is 32.6. The highest BCUT2D eigenvalue weighted by atomic mass is 32.2. The van der Waals surface area contributed by atoms with Crippen molar-refractivity contribution in [1.29, 1.82) is 0 Å². The molecule has 230 valence electrons. The first-order chi connectivity index (χ1) is 20.9. The number of ether oxygens (including phenoxy) is 2. The molecule has 43 heavy (non-hydrogen) atoms. The summed E-state index contributed by atoms with van der Waals surface area (Å²) in [6, 6.07) is 13.0. The largest absolute Gasteiger partial charge is 0.467 e. The van der Waals surface area contributed by atoms with Crippen molar-refractivity contribution in [2.45, 2.75) is 84.0 Å². The van der Waals surface area contributed by atoms with Crippen LogP contribution in [0.3, 0.4) is 0 Å². The molecule has 1 aliphatic carbocycles. The van der Waals surface area contributed by atoms with E-state index >= 15 is 0 Å². The molecule has 0 aliphatic heterocycles. The van der Waals surface area contributed by atoms with Crippen molar-refractivity contribution >= 4 is 23.6 Å². The number of benzene rings is 2. The highest BCUT2D eigenvalue weighted by Crippen LogP contribution is 2.33. The van der Waals surface area contributed by atoms with Crippen molar-refractivity contribution in [3.63, 3.8) is 0 Å². The SMILES string of the molecule is COC(=O)C(CCSC)NC(=O)c1ccc(COC(CCC2CCCCC2)c2cnnc(C)n2)cc1-c1ccccc1C. The van der Waals surface area contributed by atoms with Gasteiger partial charge in [-0.05, 0) is 85.4 Å². The van der Waals surface area contributed by atoms with E-state index in [1.807, 2.05) is 62.6 Å². The molecule has 4 rings (SSSR count). The molecule has 2 atom stereocenters. The smallest absolute Gasteiger partial charge is 0.328 e. The molecule has 0 bridgehead atoms. The van der Waals surface area contributed by atoms with E-state index in [2.05, 4.69) is 20.5 Å². The average Bonchev–Trinajstić information content (AvgIpc) is 3.03. The molecular formula is C34H44N4O4S. The summed E-state index contributed by atoms with van der Waals surface area (Å²) in [4.78, 5) is 30.7. The molecule has 1 fully saturated rings. The maximum absolute atomic E-state index is 13.6. The molecule has 1 heterocycles. The standard InChI is InChI=1S/C34H44N4O4S/c1-23-10-8-9-13-27(23)29-20-26(14-16-28(29)33(39)37-30(18-19-43-4)34(40)41-3)22-42-32(31-21-35-38-24(2)36-31)17-15-25-11-6-5-7-12-25/h8-10,13-14,16,20-21,25,30,32H,5-7,11-12,15,17-19,22H2,1-4H3,(H,37,39). The van der Waals surface area contributed by atoms with Crippen LogP contribution in [0.2, 0.25) is 0 Å². The molecule has 1 amide bonds. The number of carbonyl (C=O) groups excluding carboxylic acids is 2. The molecule has 0 saturated heterocycles. The molecule has 2 unspecified atom stereocenters. The minimum atomic E-state index is -0.715. The molecule has 1 aromatic heterocycles. The van der Waals surface area contributed by atoms with Crippen molar-refractivity contribution in [3.8, 4) is 11.1 Å². The number of hydrogen-bond acceptors (Lipinski definition) is 8. The van der Waals surface area contributed by atoms with E-state index in [1.54, 1.807) is 18.0 Å². The third kappa shape index (κ3) is 9.34. The van der Waals surface area contributed by atoms with Gasteiger partial charge < -0.3 is 14.8 Å². The van der Waals surface area contributed by atoms with Crippen LogP contribution in [0.25, 0.3) is 11.1 Å². The Bertz CT molecular complexity index is 1360. The summed E-state index contributed by atoms with van der Waals surface area (Å²) in [6.45, 7) is 4.23. The van der Waals surface area contributed by atoms with Crippen molar-refractivity contribution in [1.82, 2.24) is 20.5 Å². The maximum Gasteiger partial charge on any atom is 0.328 e. The second kappa shape index (κ2) is 16.5. The second-order valence-corrected chi connectivity index (χ2v) is 12.3. The van der Waals surface area contributed by atoms with Gasteiger partial charge in [-0.15, -0.1) is 5.10 Å². The van der Waals surface area contributed by atoms with Crippen molar-refractivity contribution < 1.29 is 19.1 Å². The molecule has 8 nitrogen and oxygen atoms in total. The molecular weight excluding hydrogens is 560 g/mol. The maximum atomic E-state index is 13.6. The van der Waals surface area contributed by atoms with Gasteiger partial charge in [0.05, 0.1) is 25.6 Å². The number of aromatic nitrogens is 3. The zero-order valence-corrected chi connectivity index (χ0v) is 26.6. The van der Waals surface area contributed by atoms with E-state index in [-0.39, 0.29) is 12.0 Å². The van der Waals surface area contributed by atoms with Gasteiger partial charge in [0.2, 0.25) is 0 Å². The quantitative estimate of drug-likeness (QED) is 0.201. The molecule has 0 radical (unpaired) electrons. The number of aryl methyl sites for hydroxylation is 2. The molecule has 9 heteroatoms. The molecule has 1 aliphatic rings. The zero-order chi connectivity index (χ0) is 30.6. The Kier molecular flexibility index (Phi) is 12.5. The average molecular weight is 605 g/mol. The number of carbonyl (C=O) groups is 2. The van der Waals surface area contributed by atoms with Crippen LogP contribution in [0, 0.1) is 19.8 Å². The van der Waals surface area contributed by atoms with Gasteiger partial charge in [0.15, 0.2) is 0 Å². The van der Waals surface area contributed by atoms with Gasteiger partial charge in [-0.2, -0.15) is 16.9 Å². The predicted molar refractivity (Wildman–Crippen MR) is 171 cm³/mol. The summed E-state index contributed by atoms with van der Waals surface area (Å²) in [5, 5.41) is 11.1. The Balaban J connectivity index is 1.58. The fraction of sp³-hybridized carbons (Fsp3) is 0.500. The van der Waals surface area contributed by atoms with Crippen LogP contribution in [0.15, 0.2) is 48.7 Å². The third-order valence-electron chi connectivity index (χ3n) is 8.19. The van der Waals surface area contributed by atoms with Gasteiger partial charge in [0, 0.05) is 5.56 Å². The summed E-state index contributed by atoms with van der Waals surface area (Å²) in [5.74, 6) is 1.33. The summed E-state index contributed by atoms with van der Waals surface area (Å²) in [6.07, 6.45) is 12.5. The normalized spacial score (nSPS) is 15.1. The minimum Gasteiger partial charge on any atom is -0.467 e. The Labute approximate surface area is 259 Å². The van der Waals surface area contributed by atoms with E-state index in [0.29, 0.717) is 24.4 Å². The number of nitrogens with one attached hydrogen (secondary N) is 1. The lowest BCUT2D eigenvalue weighted by atomic mass is 9.85. The monoisotopic (exact) mass is 604 g/mol. The molecule has 3 aromatic rings. The Hall–Kier alpha value is -3.30. The van der Waals surface area contributed by atoms with Crippen LogP contribution in [-0.4, -0.2) is 52.2 Å². The Morgan fingerprint density at radius 2 is 1.84 bits per heavy atom. The minimum absolute atomic E-state index is 0.196. The topological polar surface area (TPSA) is 103 Å². The molecule has 2 aromatic carbocycles. The summed E-state index contributed by atoms with van der Waals surface area (Å²) >= 11 is 1.62. The lowest BCUT2D eigenvalue weighted by Gasteiger charge is -2.24. The number of amides is 1. The highest BCUT2D eigenvalue weighted by molar-refractivity contribution is 7.98. The number of nitrogens with zero attached hydrogens (tertiary/aromatic N) is 3. The summed E-state index contributed by atoms with van der Waals surface area (Å²) < 4.78 is 11.5. The fourth-order valence-corrected chi connectivity index (χ4v) is 6.25. The van der Waals surface area contributed by atoms with Gasteiger partial charge in [-0.3, -0.25) is 4.79 Å². The van der Waals surface area contributed by atoms with E-state index < -0.39 is 12.0 Å². The van der Waals surface area contributed by atoms with Gasteiger partial charge in [0.1, 0.15) is 18.0 Å². The van der Waals surface area contributed by atoms with Crippen LogP contribution in [0.1, 0.15) is 90.5 Å².